The number of aromatic amines is 1. The summed E-state index contributed by atoms with van der Waals surface area (Å²) in [5.41, 5.74) is 3.00. The van der Waals surface area contributed by atoms with Crippen molar-refractivity contribution in [3.8, 4) is 28.2 Å². The summed E-state index contributed by atoms with van der Waals surface area (Å²) in [6.07, 6.45) is 12.8. The summed E-state index contributed by atoms with van der Waals surface area (Å²) in [5.74, 6) is -4.00. The maximum Gasteiger partial charge on any atom is 0.196 e. The molecule has 0 aliphatic heterocycles. The van der Waals surface area contributed by atoms with Gasteiger partial charge in [-0.15, -0.1) is 0 Å². The molecular weight excluding hydrogens is 714 g/mol. The molecule has 1 N–H and O–H groups in total. The van der Waals surface area contributed by atoms with Crippen LogP contribution < -0.4 is 0 Å². The summed E-state index contributed by atoms with van der Waals surface area (Å²) in [4.78, 5) is 39.0. The van der Waals surface area contributed by atoms with E-state index >= 15 is 0 Å². The molecule has 6 aromatic heterocycles. The van der Waals surface area contributed by atoms with Crippen molar-refractivity contribution in [2.45, 2.75) is 0 Å². The molecule has 14 nitrogen and oxygen atoms in total. The van der Waals surface area contributed by atoms with Crippen LogP contribution in [0.1, 0.15) is 21.0 Å². The molecule has 6 aromatic rings. The van der Waals surface area contributed by atoms with Crippen molar-refractivity contribution in [3.63, 3.8) is 0 Å². The smallest absolute Gasteiger partial charge is 0.196 e. The van der Waals surface area contributed by atoms with Gasteiger partial charge in [-0.05, 0) is 24.3 Å². The molecule has 0 radical (unpaired) electrons. The van der Waals surface area contributed by atoms with Gasteiger partial charge in [-0.2, -0.15) is 10.2 Å². The molecule has 0 spiro atoms. The normalized spacial score (nSPS) is 11.1. The second-order valence-electron chi connectivity index (χ2n) is 10.6. The predicted molar refractivity (Wildman–Crippen MR) is 179 cm³/mol. The molecule has 19 heteroatoms. The number of sulfone groups is 2. The fourth-order valence-electron chi connectivity index (χ4n) is 4.02. The van der Waals surface area contributed by atoms with Crippen molar-refractivity contribution < 1.29 is 39.6 Å². The standard InChI is InChI=1S/C16H13FN4O3S.C11H11N3O3S.C5H3F2N/c1-25(23,24)10-16(22)15-4-2-3-14(20-15)11-6-19-21(9-11)13-5-12(17)7-18-8-13;1-18(16,17)7-11(15)10-4-2-3-9(14-10)8-5-12-13-6-8;6-4-1-5(7)3-8-2-4/h2-9H,10H2,1H3;2-6H,7H2,1H3,(H,12,13);1-3H. The Balaban J connectivity index is 0.000000194. The quantitative estimate of drug-likeness (QED) is 0.211. The Bertz CT molecular complexity index is 2350. The number of rotatable bonds is 9. The highest BCUT2D eigenvalue weighted by atomic mass is 32.2. The molecule has 6 rings (SSSR count). The molecule has 6 heterocycles. The largest absolute Gasteiger partial charge is 0.291 e. The predicted octanol–water partition coefficient (Wildman–Crippen LogP) is 3.75. The van der Waals surface area contributed by atoms with Crippen molar-refractivity contribution in [1.82, 2.24) is 39.9 Å². The summed E-state index contributed by atoms with van der Waals surface area (Å²) in [7, 11) is -6.78. The number of aromatic nitrogens is 8. The fourth-order valence-corrected chi connectivity index (χ4v) is 5.27. The zero-order valence-electron chi connectivity index (χ0n) is 26.7. The molecule has 0 bridgehead atoms. The Morgan fingerprint density at radius 2 is 1.20 bits per heavy atom. The van der Waals surface area contributed by atoms with E-state index in [9.17, 15) is 39.6 Å². The van der Waals surface area contributed by atoms with E-state index in [2.05, 4.69) is 35.2 Å². The third-order valence-electron chi connectivity index (χ3n) is 6.15. The van der Waals surface area contributed by atoms with E-state index in [0.29, 0.717) is 22.6 Å². The van der Waals surface area contributed by atoms with Crippen LogP contribution in [0.15, 0.2) is 98.1 Å². The van der Waals surface area contributed by atoms with Gasteiger partial charge in [0.1, 0.15) is 40.3 Å². The second kappa shape index (κ2) is 16.6. The van der Waals surface area contributed by atoms with Gasteiger partial charge in [-0.3, -0.25) is 24.7 Å². The lowest BCUT2D eigenvalue weighted by molar-refractivity contribution is 0.100. The minimum absolute atomic E-state index is 0.0584. The Morgan fingerprint density at radius 3 is 1.65 bits per heavy atom. The number of ketones is 2. The summed E-state index contributed by atoms with van der Waals surface area (Å²) in [5, 5.41) is 10.6. The second-order valence-corrected chi connectivity index (χ2v) is 14.9. The highest BCUT2D eigenvalue weighted by Gasteiger charge is 2.17. The van der Waals surface area contributed by atoms with Crippen LogP contribution >= 0.6 is 0 Å². The molecule has 0 aliphatic rings. The number of Topliss-reactive ketones (excluding diaryl/α,β-unsaturated/α-hetero) is 2. The summed E-state index contributed by atoms with van der Waals surface area (Å²) in [6.45, 7) is 0. The average Bonchev–Trinajstić information content (AvgIpc) is 3.78. The minimum Gasteiger partial charge on any atom is -0.291 e. The van der Waals surface area contributed by atoms with Crippen LogP contribution in [-0.2, 0) is 19.7 Å². The summed E-state index contributed by atoms with van der Waals surface area (Å²) >= 11 is 0. The third kappa shape index (κ3) is 12.2. The molecular formula is C32H27F3N8O6S2. The molecule has 0 aliphatic carbocycles. The van der Waals surface area contributed by atoms with Gasteiger partial charge >= 0.3 is 0 Å². The highest BCUT2D eigenvalue weighted by molar-refractivity contribution is 7.91. The monoisotopic (exact) mass is 740 g/mol. The van der Waals surface area contributed by atoms with Crippen molar-refractivity contribution in [2.24, 2.45) is 0 Å². The molecule has 0 unspecified atom stereocenters. The van der Waals surface area contributed by atoms with E-state index in [0.717, 1.165) is 42.7 Å². The number of hydrogen-bond acceptors (Lipinski definition) is 12. The van der Waals surface area contributed by atoms with Gasteiger partial charge in [0.05, 0.1) is 54.3 Å². The van der Waals surface area contributed by atoms with Crippen molar-refractivity contribution in [2.75, 3.05) is 24.0 Å². The molecule has 0 atom stereocenters. The van der Waals surface area contributed by atoms with Crippen molar-refractivity contribution in [1.29, 1.82) is 0 Å². The average molecular weight is 741 g/mol. The number of nitrogens with zero attached hydrogens (tertiary/aromatic N) is 7. The van der Waals surface area contributed by atoms with Gasteiger partial charge in [0, 0.05) is 48.2 Å². The van der Waals surface area contributed by atoms with E-state index in [1.807, 2.05) is 0 Å². The number of nitrogens with one attached hydrogen (secondary N) is 1. The Hall–Kier alpha value is -5.95. The van der Waals surface area contributed by atoms with Crippen LogP contribution in [0.2, 0.25) is 0 Å². The first kappa shape index (κ1) is 37.9. The SMILES string of the molecule is CS(=O)(=O)CC(=O)c1cccc(-c2cn[nH]c2)n1.CS(=O)(=O)CC(=O)c1cccc(-c2cnn(-c3cncc(F)c3)c2)n1.Fc1cncc(F)c1. The molecule has 0 fully saturated rings. The summed E-state index contributed by atoms with van der Waals surface area (Å²) in [6, 6.07) is 11.7. The van der Waals surface area contributed by atoms with Gasteiger partial charge in [0.2, 0.25) is 0 Å². The van der Waals surface area contributed by atoms with Crippen LogP contribution in [0.5, 0.6) is 0 Å². The number of carbonyl (C=O) groups is 2. The van der Waals surface area contributed by atoms with Crippen LogP contribution in [0.3, 0.4) is 0 Å². The van der Waals surface area contributed by atoms with Crippen LogP contribution in [0.4, 0.5) is 13.2 Å². The molecule has 0 saturated heterocycles. The van der Waals surface area contributed by atoms with Gasteiger partial charge < -0.3 is 0 Å². The zero-order chi connectivity index (χ0) is 37.2. The molecule has 264 valence electrons. The van der Waals surface area contributed by atoms with Crippen molar-refractivity contribution in [3.05, 3.63) is 127 Å². The lowest BCUT2D eigenvalue weighted by Crippen LogP contribution is -2.15. The lowest BCUT2D eigenvalue weighted by atomic mass is 10.2. The Kier molecular flexibility index (Phi) is 12.4. The maximum atomic E-state index is 13.3. The topological polar surface area (TPSA) is 200 Å². The van der Waals surface area contributed by atoms with Crippen LogP contribution in [0, 0.1) is 17.5 Å². The number of pyridine rings is 4. The van der Waals surface area contributed by atoms with Crippen LogP contribution in [-0.4, -0.2) is 92.3 Å². The summed E-state index contributed by atoms with van der Waals surface area (Å²) < 4.78 is 83.1. The van der Waals surface area contributed by atoms with Gasteiger partial charge in [-0.1, -0.05) is 12.1 Å². The minimum atomic E-state index is -3.43. The van der Waals surface area contributed by atoms with Gasteiger partial charge in [0.25, 0.3) is 0 Å². The number of H-pyrrole nitrogens is 1. The van der Waals surface area contributed by atoms with E-state index < -0.39 is 60.2 Å². The first-order valence-corrected chi connectivity index (χ1v) is 18.5. The number of halogens is 3. The highest BCUT2D eigenvalue weighted by Crippen LogP contribution is 2.19. The van der Waals surface area contributed by atoms with E-state index in [4.69, 9.17) is 0 Å². The first-order chi connectivity index (χ1) is 24.1. The van der Waals surface area contributed by atoms with Gasteiger partial charge in [-0.25, -0.2) is 44.7 Å². The van der Waals surface area contributed by atoms with Gasteiger partial charge in [0.15, 0.2) is 31.2 Å². The lowest BCUT2D eigenvalue weighted by Gasteiger charge is -2.02. The Labute approximate surface area is 289 Å². The van der Waals surface area contributed by atoms with E-state index in [-0.39, 0.29) is 11.4 Å². The molecule has 0 saturated carbocycles. The third-order valence-corrected chi connectivity index (χ3v) is 7.73. The number of hydrogen-bond donors (Lipinski definition) is 1. The molecule has 51 heavy (non-hydrogen) atoms. The van der Waals surface area contributed by atoms with Crippen LogP contribution in [0.25, 0.3) is 28.2 Å². The Morgan fingerprint density at radius 1 is 0.686 bits per heavy atom. The molecule has 0 amide bonds. The van der Waals surface area contributed by atoms with E-state index in [1.165, 1.54) is 35.3 Å². The van der Waals surface area contributed by atoms with E-state index in [1.54, 1.807) is 42.9 Å². The molecule has 0 aromatic carbocycles. The van der Waals surface area contributed by atoms with Crippen molar-refractivity contribution >= 4 is 31.2 Å². The first-order valence-electron chi connectivity index (χ1n) is 14.3. The zero-order valence-corrected chi connectivity index (χ0v) is 28.3. The number of carbonyl (C=O) groups excluding carboxylic acids is 2. The maximum absolute atomic E-state index is 13.3. The fraction of sp³-hybridized carbons (Fsp3) is 0.125.